The van der Waals surface area contributed by atoms with Crippen LogP contribution in [0.5, 0.6) is 0 Å². The summed E-state index contributed by atoms with van der Waals surface area (Å²) in [6, 6.07) is 7.73. The standard InChI is InChI=1S/C14H18N2O/c15-13-7-3-2-6-12(13)8-9-14(17)16-10-4-1-5-11-16/h1-4,6-7H,5,8-11,15H2. The Kier molecular flexibility index (Phi) is 3.81. The predicted octanol–water partition coefficient (Wildman–Crippen LogP) is 1.99. The summed E-state index contributed by atoms with van der Waals surface area (Å²) in [6.45, 7) is 1.60. The van der Waals surface area contributed by atoms with Gasteiger partial charge in [0.2, 0.25) is 5.91 Å². The number of carbonyl (C=O) groups is 1. The van der Waals surface area contributed by atoms with Crippen molar-refractivity contribution in [2.75, 3.05) is 18.8 Å². The molecule has 2 rings (SSSR count). The molecule has 1 aliphatic rings. The normalized spacial score (nSPS) is 14.9. The summed E-state index contributed by atoms with van der Waals surface area (Å²) in [5.74, 6) is 0.220. The van der Waals surface area contributed by atoms with E-state index >= 15 is 0 Å². The average molecular weight is 230 g/mol. The minimum atomic E-state index is 0.220. The molecule has 1 aromatic rings. The number of nitrogens with zero attached hydrogens (tertiary/aromatic N) is 1. The fourth-order valence-corrected chi connectivity index (χ4v) is 2.03. The Labute approximate surface area is 102 Å². The molecule has 0 bridgehead atoms. The minimum absolute atomic E-state index is 0.220. The van der Waals surface area contributed by atoms with E-state index in [2.05, 4.69) is 12.2 Å². The number of anilines is 1. The summed E-state index contributed by atoms with van der Waals surface area (Å²) < 4.78 is 0. The van der Waals surface area contributed by atoms with Gasteiger partial charge in [0.15, 0.2) is 0 Å². The van der Waals surface area contributed by atoms with Crippen LogP contribution in [0, 0.1) is 0 Å². The Balaban J connectivity index is 1.88. The molecule has 1 aliphatic heterocycles. The number of aryl methyl sites for hydroxylation is 1. The maximum atomic E-state index is 11.9. The van der Waals surface area contributed by atoms with E-state index in [4.69, 9.17) is 5.73 Å². The average Bonchev–Trinajstić information content (AvgIpc) is 2.38. The summed E-state index contributed by atoms with van der Waals surface area (Å²) in [5.41, 5.74) is 7.69. The second-order valence-electron chi connectivity index (χ2n) is 4.30. The highest BCUT2D eigenvalue weighted by molar-refractivity contribution is 5.77. The Hall–Kier alpha value is -1.77. The van der Waals surface area contributed by atoms with Crippen LogP contribution in [0.25, 0.3) is 0 Å². The molecule has 0 aromatic heterocycles. The van der Waals surface area contributed by atoms with Crippen molar-refractivity contribution in [3.05, 3.63) is 42.0 Å². The largest absolute Gasteiger partial charge is 0.399 e. The monoisotopic (exact) mass is 230 g/mol. The highest BCUT2D eigenvalue weighted by Gasteiger charge is 2.13. The number of nitrogens with two attached hydrogens (primary N) is 1. The Bertz CT molecular complexity index is 426. The van der Waals surface area contributed by atoms with Crippen LogP contribution in [0.3, 0.4) is 0 Å². The summed E-state index contributed by atoms with van der Waals surface area (Å²) in [4.78, 5) is 13.8. The molecular formula is C14H18N2O. The van der Waals surface area contributed by atoms with Gasteiger partial charge in [-0.2, -0.15) is 0 Å². The molecular weight excluding hydrogens is 212 g/mol. The van der Waals surface area contributed by atoms with Gasteiger partial charge in [-0.1, -0.05) is 30.4 Å². The number of hydrogen-bond acceptors (Lipinski definition) is 2. The Morgan fingerprint density at radius 2 is 2.12 bits per heavy atom. The number of amides is 1. The van der Waals surface area contributed by atoms with E-state index < -0.39 is 0 Å². The maximum Gasteiger partial charge on any atom is 0.223 e. The van der Waals surface area contributed by atoms with Crippen molar-refractivity contribution in [3.8, 4) is 0 Å². The first-order valence-corrected chi connectivity index (χ1v) is 6.03. The van der Waals surface area contributed by atoms with Gasteiger partial charge in [-0.3, -0.25) is 4.79 Å². The first-order chi connectivity index (χ1) is 8.27. The van der Waals surface area contributed by atoms with Gasteiger partial charge in [-0.15, -0.1) is 0 Å². The minimum Gasteiger partial charge on any atom is -0.399 e. The molecule has 0 saturated carbocycles. The van der Waals surface area contributed by atoms with Crippen LogP contribution in [-0.4, -0.2) is 23.9 Å². The zero-order valence-corrected chi connectivity index (χ0v) is 9.93. The van der Waals surface area contributed by atoms with E-state index in [1.165, 1.54) is 0 Å². The number of para-hydroxylation sites is 1. The van der Waals surface area contributed by atoms with Gasteiger partial charge in [0.1, 0.15) is 0 Å². The smallest absolute Gasteiger partial charge is 0.223 e. The van der Waals surface area contributed by atoms with Crippen LogP contribution < -0.4 is 5.73 Å². The fraction of sp³-hybridized carbons (Fsp3) is 0.357. The van der Waals surface area contributed by atoms with E-state index in [0.717, 1.165) is 37.2 Å². The highest BCUT2D eigenvalue weighted by atomic mass is 16.2. The number of hydrogen-bond donors (Lipinski definition) is 1. The molecule has 0 radical (unpaired) electrons. The molecule has 2 N–H and O–H groups in total. The molecule has 0 aliphatic carbocycles. The number of benzene rings is 1. The van der Waals surface area contributed by atoms with E-state index in [9.17, 15) is 4.79 Å². The maximum absolute atomic E-state index is 11.9. The van der Waals surface area contributed by atoms with Crippen LogP contribution in [0.1, 0.15) is 18.4 Å². The first kappa shape index (κ1) is 11.7. The molecule has 1 aromatic carbocycles. The lowest BCUT2D eigenvalue weighted by atomic mass is 10.1. The van der Waals surface area contributed by atoms with Gasteiger partial charge >= 0.3 is 0 Å². The lowest BCUT2D eigenvalue weighted by molar-refractivity contribution is -0.130. The molecule has 1 heterocycles. The summed E-state index contributed by atoms with van der Waals surface area (Å²) in [6.07, 6.45) is 6.42. The van der Waals surface area contributed by atoms with Gasteiger partial charge in [0, 0.05) is 25.2 Å². The summed E-state index contributed by atoms with van der Waals surface area (Å²) in [5, 5.41) is 0. The molecule has 0 atom stereocenters. The third kappa shape index (κ3) is 3.09. The molecule has 0 fully saturated rings. The summed E-state index contributed by atoms with van der Waals surface area (Å²) >= 11 is 0. The predicted molar refractivity (Wildman–Crippen MR) is 69.5 cm³/mol. The second kappa shape index (κ2) is 5.53. The first-order valence-electron chi connectivity index (χ1n) is 6.03. The quantitative estimate of drug-likeness (QED) is 0.637. The van der Waals surface area contributed by atoms with Crippen molar-refractivity contribution in [3.63, 3.8) is 0 Å². The van der Waals surface area contributed by atoms with Gasteiger partial charge < -0.3 is 10.6 Å². The number of nitrogen functional groups attached to an aromatic ring is 1. The van der Waals surface area contributed by atoms with Crippen LogP contribution >= 0.6 is 0 Å². The molecule has 1 amide bonds. The zero-order valence-electron chi connectivity index (χ0n) is 9.93. The SMILES string of the molecule is Nc1ccccc1CCC(=O)N1CC=CCC1. The van der Waals surface area contributed by atoms with Gasteiger partial charge in [0.25, 0.3) is 0 Å². The Morgan fingerprint density at radius 3 is 2.82 bits per heavy atom. The molecule has 3 heteroatoms. The molecule has 90 valence electrons. The third-order valence-corrected chi connectivity index (χ3v) is 3.07. The lowest BCUT2D eigenvalue weighted by Crippen LogP contribution is -2.33. The van der Waals surface area contributed by atoms with Crippen molar-refractivity contribution < 1.29 is 4.79 Å². The highest BCUT2D eigenvalue weighted by Crippen LogP contribution is 2.14. The van der Waals surface area contributed by atoms with Gasteiger partial charge in [-0.25, -0.2) is 0 Å². The van der Waals surface area contributed by atoms with E-state index in [1.807, 2.05) is 29.2 Å². The molecule has 0 saturated heterocycles. The molecule has 0 spiro atoms. The van der Waals surface area contributed by atoms with E-state index in [-0.39, 0.29) is 5.91 Å². The lowest BCUT2D eigenvalue weighted by Gasteiger charge is -2.23. The Morgan fingerprint density at radius 1 is 1.29 bits per heavy atom. The van der Waals surface area contributed by atoms with Crippen LogP contribution in [-0.2, 0) is 11.2 Å². The van der Waals surface area contributed by atoms with Gasteiger partial charge in [-0.05, 0) is 24.5 Å². The molecule has 17 heavy (non-hydrogen) atoms. The van der Waals surface area contributed by atoms with E-state index in [0.29, 0.717) is 6.42 Å². The molecule has 3 nitrogen and oxygen atoms in total. The van der Waals surface area contributed by atoms with Crippen molar-refractivity contribution in [2.45, 2.75) is 19.3 Å². The van der Waals surface area contributed by atoms with E-state index in [1.54, 1.807) is 0 Å². The fourth-order valence-electron chi connectivity index (χ4n) is 2.03. The second-order valence-corrected chi connectivity index (χ2v) is 4.30. The zero-order chi connectivity index (χ0) is 12.1. The molecule has 0 unspecified atom stereocenters. The topological polar surface area (TPSA) is 46.3 Å². The van der Waals surface area contributed by atoms with Crippen LogP contribution in [0.15, 0.2) is 36.4 Å². The summed E-state index contributed by atoms with van der Waals surface area (Å²) in [7, 11) is 0. The van der Waals surface area contributed by atoms with Crippen LogP contribution in [0.2, 0.25) is 0 Å². The number of rotatable bonds is 3. The number of carbonyl (C=O) groups excluding carboxylic acids is 1. The van der Waals surface area contributed by atoms with Crippen molar-refractivity contribution >= 4 is 11.6 Å². The van der Waals surface area contributed by atoms with Crippen molar-refractivity contribution in [1.82, 2.24) is 4.90 Å². The van der Waals surface area contributed by atoms with Crippen molar-refractivity contribution in [1.29, 1.82) is 0 Å². The van der Waals surface area contributed by atoms with Crippen LogP contribution in [0.4, 0.5) is 5.69 Å². The van der Waals surface area contributed by atoms with Crippen molar-refractivity contribution in [2.24, 2.45) is 0 Å². The third-order valence-electron chi connectivity index (χ3n) is 3.07. The van der Waals surface area contributed by atoms with Gasteiger partial charge in [0.05, 0.1) is 0 Å².